The Morgan fingerprint density at radius 3 is 2.68 bits per heavy atom. The monoisotopic (exact) mass is 576 g/mol. The van der Waals surface area contributed by atoms with E-state index in [0.29, 0.717) is 57.4 Å². The fraction of sp³-hybridized carbons (Fsp3) is 0.333. The SMILES string of the molecule is COc1cc2c(Nc3ccc(NC(=O)c4cccc(Cl)c4)nc3)ncnc2cc1OCCCN1CCC(CO)CC1. The number of nitrogens with zero attached hydrogens (tertiary/aromatic N) is 4. The number of methoxy groups -OCH3 is 1. The van der Waals surface area contributed by atoms with E-state index in [1.54, 1.807) is 49.7 Å². The molecule has 11 heteroatoms. The number of benzene rings is 2. The van der Waals surface area contributed by atoms with Gasteiger partial charge in [0.25, 0.3) is 5.91 Å². The maximum absolute atomic E-state index is 12.5. The number of rotatable bonds is 11. The molecule has 10 nitrogen and oxygen atoms in total. The minimum Gasteiger partial charge on any atom is -0.493 e. The molecule has 0 spiro atoms. The molecule has 3 N–H and O–H groups in total. The summed E-state index contributed by atoms with van der Waals surface area (Å²) in [6.07, 6.45) is 6.09. The molecule has 5 rings (SSSR count). The van der Waals surface area contributed by atoms with E-state index in [9.17, 15) is 9.90 Å². The van der Waals surface area contributed by atoms with Crippen molar-refractivity contribution in [3.8, 4) is 11.5 Å². The third kappa shape index (κ3) is 7.40. The highest BCUT2D eigenvalue weighted by Gasteiger charge is 2.18. The van der Waals surface area contributed by atoms with Gasteiger partial charge in [-0.3, -0.25) is 4.79 Å². The zero-order valence-corrected chi connectivity index (χ0v) is 23.6. The lowest BCUT2D eigenvalue weighted by molar-refractivity contribution is 0.102. The van der Waals surface area contributed by atoms with Crippen molar-refractivity contribution in [1.29, 1.82) is 0 Å². The molecule has 0 aliphatic carbocycles. The number of aromatic nitrogens is 3. The lowest BCUT2D eigenvalue weighted by Crippen LogP contribution is -2.35. The van der Waals surface area contributed by atoms with Crippen LogP contribution in [-0.2, 0) is 0 Å². The quantitative estimate of drug-likeness (QED) is 0.208. The molecule has 2 aromatic heterocycles. The van der Waals surface area contributed by atoms with Gasteiger partial charge in [0, 0.05) is 35.2 Å². The molecule has 0 bridgehead atoms. The number of nitrogens with one attached hydrogen (secondary N) is 2. The van der Waals surface area contributed by atoms with E-state index in [0.717, 1.165) is 44.3 Å². The van der Waals surface area contributed by atoms with E-state index < -0.39 is 0 Å². The minimum absolute atomic E-state index is 0.286. The van der Waals surface area contributed by atoms with Crippen LogP contribution >= 0.6 is 11.6 Å². The number of aliphatic hydroxyl groups is 1. The van der Waals surface area contributed by atoms with Crippen LogP contribution in [0.3, 0.4) is 0 Å². The summed E-state index contributed by atoms with van der Waals surface area (Å²) in [5.74, 6) is 2.36. The topological polar surface area (TPSA) is 122 Å². The zero-order chi connectivity index (χ0) is 28.6. The third-order valence-corrected chi connectivity index (χ3v) is 7.35. The van der Waals surface area contributed by atoms with Gasteiger partial charge in [0.2, 0.25) is 0 Å². The van der Waals surface area contributed by atoms with Crippen LogP contribution in [0, 0.1) is 5.92 Å². The second kappa shape index (κ2) is 13.6. The molecule has 1 fully saturated rings. The van der Waals surface area contributed by atoms with Gasteiger partial charge < -0.3 is 30.1 Å². The molecule has 1 amide bonds. The van der Waals surface area contributed by atoms with Crippen LogP contribution in [0.2, 0.25) is 5.02 Å². The van der Waals surface area contributed by atoms with Crippen molar-refractivity contribution in [1.82, 2.24) is 19.9 Å². The van der Waals surface area contributed by atoms with Gasteiger partial charge in [0.05, 0.1) is 31.1 Å². The number of aliphatic hydroxyl groups excluding tert-OH is 1. The first-order chi connectivity index (χ1) is 20.0. The minimum atomic E-state index is -0.296. The number of likely N-dealkylation sites (tertiary alicyclic amines) is 1. The highest BCUT2D eigenvalue weighted by atomic mass is 35.5. The molecule has 0 radical (unpaired) electrons. The van der Waals surface area contributed by atoms with E-state index in [-0.39, 0.29) is 12.5 Å². The summed E-state index contributed by atoms with van der Waals surface area (Å²) in [6.45, 7) is 3.85. The van der Waals surface area contributed by atoms with Crippen molar-refractivity contribution in [2.45, 2.75) is 19.3 Å². The Bertz CT molecular complexity index is 1480. The first-order valence-electron chi connectivity index (χ1n) is 13.6. The molecular formula is C30H33ClN6O4. The molecule has 41 heavy (non-hydrogen) atoms. The molecule has 1 aliphatic heterocycles. The molecular weight excluding hydrogens is 544 g/mol. The summed E-state index contributed by atoms with van der Waals surface area (Å²) in [6, 6.07) is 13.9. The molecule has 0 saturated carbocycles. The molecule has 0 atom stereocenters. The Hall–Kier alpha value is -3.99. The number of fused-ring (bicyclic) bond motifs is 1. The fourth-order valence-electron chi connectivity index (χ4n) is 4.80. The van der Waals surface area contributed by atoms with Crippen LogP contribution in [0.15, 0.2) is 61.1 Å². The fourth-order valence-corrected chi connectivity index (χ4v) is 4.99. The summed E-state index contributed by atoms with van der Waals surface area (Å²) >= 11 is 5.98. The Balaban J connectivity index is 1.21. The molecule has 4 aromatic rings. The Morgan fingerprint density at radius 2 is 1.95 bits per heavy atom. The van der Waals surface area contributed by atoms with E-state index in [1.807, 2.05) is 12.1 Å². The lowest BCUT2D eigenvalue weighted by atomic mass is 9.98. The first-order valence-corrected chi connectivity index (χ1v) is 14.0. The Morgan fingerprint density at radius 1 is 1.10 bits per heavy atom. The summed E-state index contributed by atoms with van der Waals surface area (Å²) in [4.78, 5) is 28.1. The number of hydrogen-bond acceptors (Lipinski definition) is 9. The van der Waals surface area contributed by atoms with Gasteiger partial charge in [-0.15, -0.1) is 0 Å². The molecule has 2 aromatic carbocycles. The van der Waals surface area contributed by atoms with E-state index in [4.69, 9.17) is 21.1 Å². The normalized spacial score (nSPS) is 14.1. The highest BCUT2D eigenvalue weighted by Crippen LogP contribution is 2.35. The van der Waals surface area contributed by atoms with Gasteiger partial charge in [0.1, 0.15) is 18.0 Å². The van der Waals surface area contributed by atoms with Gasteiger partial charge in [-0.1, -0.05) is 17.7 Å². The standard InChI is InChI=1S/C30H33ClN6O4/c1-40-26-15-24-25(16-27(26)41-13-3-10-37-11-8-20(18-38)9-12-37)33-19-34-29(24)35-23-6-7-28(32-17-23)36-30(39)21-4-2-5-22(31)14-21/h2,4-7,14-17,19-20,38H,3,8-13,18H2,1H3,(H,32,36,39)(H,33,34,35). The van der Waals surface area contributed by atoms with Crippen LogP contribution in [-0.4, -0.2) is 70.8 Å². The zero-order valence-electron chi connectivity index (χ0n) is 22.8. The third-order valence-electron chi connectivity index (χ3n) is 7.12. The number of piperidine rings is 1. The number of carbonyl (C=O) groups is 1. The number of carbonyl (C=O) groups excluding carboxylic acids is 1. The second-order valence-corrected chi connectivity index (χ2v) is 10.4. The predicted molar refractivity (Wildman–Crippen MR) is 159 cm³/mol. The van der Waals surface area contributed by atoms with Crippen LogP contribution in [0.5, 0.6) is 11.5 Å². The molecule has 3 heterocycles. The molecule has 0 unspecified atom stereocenters. The average molecular weight is 577 g/mol. The highest BCUT2D eigenvalue weighted by molar-refractivity contribution is 6.31. The number of pyridine rings is 1. The van der Waals surface area contributed by atoms with Crippen LogP contribution in [0.25, 0.3) is 10.9 Å². The Labute approximate surface area is 243 Å². The number of hydrogen-bond donors (Lipinski definition) is 3. The van der Waals surface area contributed by atoms with Crippen LogP contribution in [0.4, 0.5) is 17.3 Å². The van der Waals surface area contributed by atoms with Crippen molar-refractivity contribution in [2.24, 2.45) is 5.92 Å². The maximum atomic E-state index is 12.5. The van der Waals surface area contributed by atoms with E-state index in [1.165, 1.54) is 6.33 Å². The van der Waals surface area contributed by atoms with Gasteiger partial charge >= 0.3 is 0 Å². The molecule has 214 valence electrons. The van der Waals surface area contributed by atoms with Crippen molar-refractivity contribution < 1.29 is 19.4 Å². The van der Waals surface area contributed by atoms with Crippen molar-refractivity contribution in [3.05, 3.63) is 71.6 Å². The Kier molecular flexibility index (Phi) is 9.45. The number of anilines is 3. The smallest absolute Gasteiger partial charge is 0.256 e. The predicted octanol–water partition coefficient (Wildman–Crippen LogP) is 5.16. The van der Waals surface area contributed by atoms with Gasteiger partial charge in [-0.25, -0.2) is 15.0 Å². The van der Waals surface area contributed by atoms with Crippen molar-refractivity contribution in [3.63, 3.8) is 0 Å². The summed E-state index contributed by atoms with van der Waals surface area (Å²) in [5.41, 5.74) is 1.85. The second-order valence-electron chi connectivity index (χ2n) is 9.93. The summed E-state index contributed by atoms with van der Waals surface area (Å²) in [7, 11) is 1.61. The maximum Gasteiger partial charge on any atom is 0.256 e. The van der Waals surface area contributed by atoms with Crippen molar-refractivity contribution in [2.75, 3.05) is 50.6 Å². The van der Waals surface area contributed by atoms with Gasteiger partial charge in [0.15, 0.2) is 11.5 Å². The average Bonchev–Trinajstić information content (AvgIpc) is 3.00. The van der Waals surface area contributed by atoms with Gasteiger partial charge in [-0.2, -0.15) is 0 Å². The van der Waals surface area contributed by atoms with Crippen LogP contribution in [0.1, 0.15) is 29.6 Å². The van der Waals surface area contributed by atoms with E-state index in [2.05, 4.69) is 30.5 Å². The molecule has 1 aliphatic rings. The first kappa shape index (κ1) is 28.5. The lowest BCUT2D eigenvalue weighted by Gasteiger charge is -2.30. The van der Waals surface area contributed by atoms with E-state index >= 15 is 0 Å². The largest absolute Gasteiger partial charge is 0.493 e. The van der Waals surface area contributed by atoms with Crippen molar-refractivity contribution >= 4 is 45.7 Å². The number of ether oxygens (including phenoxy) is 2. The number of amides is 1. The summed E-state index contributed by atoms with van der Waals surface area (Å²) in [5, 5.41) is 16.6. The van der Waals surface area contributed by atoms with Crippen LogP contribution < -0.4 is 20.1 Å². The van der Waals surface area contributed by atoms with Gasteiger partial charge in [-0.05, 0) is 74.7 Å². The number of halogens is 1. The molecule has 1 saturated heterocycles. The summed E-state index contributed by atoms with van der Waals surface area (Å²) < 4.78 is 11.7.